The first-order valence-corrected chi connectivity index (χ1v) is 9.30. The molecule has 4 heterocycles. The van der Waals surface area contributed by atoms with Crippen molar-refractivity contribution in [2.75, 3.05) is 13.1 Å². The van der Waals surface area contributed by atoms with E-state index in [4.69, 9.17) is 4.74 Å². The van der Waals surface area contributed by atoms with E-state index in [1.54, 1.807) is 28.9 Å². The lowest BCUT2D eigenvalue weighted by Crippen LogP contribution is -2.53. The standard InChI is InChI=1S/C21H18FN5O2/c22-15-5-3-14(4-6-15)20-24-9-19-21(28)25-16(11-27(19)20)10-26-12-18(13-26)29-17-2-1-7-23-8-17/h1-9,11,18H,10,12-13H2,(H,25,28). The van der Waals surface area contributed by atoms with Crippen molar-refractivity contribution in [1.29, 1.82) is 0 Å². The number of likely N-dealkylation sites (tertiary alicyclic amines) is 1. The van der Waals surface area contributed by atoms with Gasteiger partial charge in [-0.1, -0.05) is 0 Å². The summed E-state index contributed by atoms with van der Waals surface area (Å²) in [6.45, 7) is 2.13. The molecule has 0 radical (unpaired) electrons. The Labute approximate surface area is 165 Å². The van der Waals surface area contributed by atoms with Crippen molar-refractivity contribution in [3.63, 3.8) is 0 Å². The molecule has 3 aromatic heterocycles. The maximum absolute atomic E-state index is 13.2. The molecule has 1 aromatic carbocycles. The Kier molecular flexibility index (Phi) is 4.33. The van der Waals surface area contributed by atoms with Crippen LogP contribution in [0.5, 0.6) is 5.75 Å². The van der Waals surface area contributed by atoms with Gasteiger partial charge in [-0.15, -0.1) is 0 Å². The second kappa shape index (κ2) is 7.14. The zero-order chi connectivity index (χ0) is 19.8. The van der Waals surface area contributed by atoms with Crippen LogP contribution >= 0.6 is 0 Å². The predicted molar refractivity (Wildman–Crippen MR) is 105 cm³/mol. The van der Waals surface area contributed by atoms with Crippen molar-refractivity contribution in [3.8, 4) is 17.1 Å². The molecule has 1 N–H and O–H groups in total. The van der Waals surface area contributed by atoms with Crippen LogP contribution in [0.25, 0.3) is 16.9 Å². The third-order valence-electron chi connectivity index (χ3n) is 4.95. The van der Waals surface area contributed by atoms with Gasteiger partial charge < -0.3 is 9.72 Å². The van der Waals surface area contributed by atoms with Gasteiger partial charge >= 0.3 is 0 Å². The lowest BCUT2D eigenvalue weighted by atomic mass is 10.1. The average Bonchev–Trinajstić information content (AvgIpc) is 3.12. The number of hydrogen-bond donors (Lipinski definition) is 1. The number of hydrogen-bond acceptors (Lipinski definition) is 5. The summed E-state index contributed by atoms with van der Waals surface area (Å²) in [6.07, 6.45) is 6.92. The molecule has 146 valence electrons. The van der Waals surface area contributed by atoms with Gasteiger partial charge in [0.1, 0.15) is 29.0 Å². The molecule has 0 saturated carbocycles. The van der Waals surface area contributed by atoms with Crippen molar-refractivity contribution in [2.24, 2.45) is 0 Å². The topological polar surface area (TPSA) is 75.5 Å². The molecule has 8 heteroatoms. The molecule has 0 aliphatic carbocycles. The highest BCUT2D eigenvalue weighted by Crippen LogP contribution is 2.21. The Morgan fingerprint density at radius 2 is 2.00 bits per heavy atom. The van der Waals surface area contributed by atoms with E-state index in [1.165, 1.54) is 18.3 Å². The minimum atomic E-state index is -0.311. The summed E-state index contributed by atoms with van der Waals surface area (Å²) in [7, 11) is 0. The fourth-order valence-electron chi connectivity index (χ4n) is 3.53. The highest BCUT2D eigenvalue weighted by atomic mass is 19.1. The van der Waals surface area contributed by atoms with E-state index in [2.05, 4.69) is 19.9 Å². The summed E-state index contributed by atoms with van der Waals surface area (Å²) >= 11 is 0. The number of nitrogens with one attached hydrogen (secondary N) is 1. The van der Waals surface area contributed by atoms with Crippen LogP contribution in [0.3, 0.4) is 0 Å². The second-order valence-electron chi connectivity index (χ2n) is 7.08. The molecule has 29 heavy (non-hydrogen) atoms. The number of imidazole rings is 1. The van der Waals surface area contributed by atoms with E-state index in [1.807, 2.05) is 18.3 Å². The average molecular weight is 391 g/mol. The molecular weight excluding hydrogens is 373 g/mol. The van der Waals surface area contributed by atoms with Gasteiger partial charge in [-0.05, 0) is 36.4 Å². The molecule has 1 aliphatic rings. The first-order valence-electron chi connectivity index (χ1n) is 9.30. The minimum absolute atomic E-state index is 0.109. The van der Waals surface area contributed by atoms with Crippen LogP contribution in [-0.4, -0.2) is 43.4 Å². The van der Waals surface area contributed by atoms with Crippen LogP contribution in [0.1, 0.15) is 5.69 Å². The fourth-order valence-corrected chi connectivity index (χ4v) is 3.53. The first kappa shape index (κ1) is 17.6. The van der Waals surface area contributed by atoms with E-state index in [0.29, 0.717) is 17.9 Å². The Morgan fingerprint density at radius 3 is 2.76 bits per heavy atom. The highest BCUT2D eigenvalue weighted by Gasteiger charge is 2.28. The Bertz CT molecular complexity index is 1200. The van der Waals surface area contributed by atoms with Crippen LogP contribution in [-0.2, 0) is 6.54 Å². The molecule has 0 bridgehead atoms. The van der Waals surface area contributed by atoms with Gasteiger partial charge in [0.2, 0.25) is 0 Å². The molecule has 4 aromatic rings. The SMILES string of the molecule is O=c1[nH]c(CN2CC(Oc3cccnc3)C2)cn2c(-c3ccc(F)cc3)ncc12. The zero-order valence-corrected chi connectivity index (χ0v) is 15.5. The molecule has 5 rings (SSSR count). The Balaban J connectivity index is 1.33. The molecule has 0 spiro atoms. The number of rotatable bonds is 5. The molecule has 7 nitrogen and oxygen atoms in total. The summed E-state index contributed by atoms with van der Waals surface area (Å²) in [4.78, 5) is 26.0. The van der Waals surface area contributed by atoms with E-state index >= 15 is 0 Å². The van der Waals surface area contributed by atoms with Crippen LogP contribution in [0, 0.1) is 5.82 Å². The monoisotopic (exact) mass is 391 g/mol. The molecule has 0 unspecified atom stereocenters. The lowest BCUT2D eigenvalue weighted by Gasteiger charge is -2.38. The van der Waals surface area contributed by atoms with Crippen LogP contribution in [0.15, 0.2) is 66.0 Å². The molecule has 1 saturated heterocycles. The van der Waals surface area contributed by atoms with Gasteiger partial charge in [0, 0.05) is 43.3 Å². The molecule has 0 atom stereocenters. The van der Waals surface area contributed by atoms with Gasteiger partial charge in [-0.3, -0.25) is 19.1 Å². The number of halogens is 1. The van der Waals surface area contributed by atoms with Gasteiger partial charge in [-0.2, -0.15) is 0 Å². The van der Waals surface area contributed by atoms with Crippen molar-refractivity contribution < 1.29 is 9.13 Å². The van der Waals surface area contributed by atoms with Gasteiger partial charge in [0.25, 0.3) is 5.56 Å². The van der Waals surface area contributed by atoms with E-state index in [-0.39, 0.29) is 17.5 Å². The predicted octanol–water partition coefficient (Wildman–Crippen LogP) is 2.49. The maximum Gasteiger partial charge on any atom is 0.274 e. The van der Waals surface area contributed by atoms with Gasteiger partial charge in [0.15, 0.2) is 0 Å². The van der Waals surface area contributed by atoms with E-state index < -0.39 is 0 Å². The number of nitrogens with zero attached hydrogens (tertiary/aromatic N) is 4. The number of ether oxygens (including phenoxy) is 1. The minimum Gasteiger partial charge on any atom is -0.486 e. The summed E-state index contributed by atoms with van der Waals surface area (Å²) in [5.41, 5.74) is 1.78. The van der Waals surface area contributed by atoms with Gasteiger partial charge in [0.05, 0.1) is 12.4 Å². The van der Waals surface area contributed by atoms with E-state index in [0.717, 1.165) is 30.1 Å². The normalized spacial score (nSPS) is 14.8. The van der Waals surface area contributed by atoms with Crippen LogP contribution < -0.4 is 10.3 Å². The number of benzene rings is 1. The van der Waals surface area contributed by atoms with Crippen LogP contribution in [0.2, 0.25) is 0 Å². The van der Waals surface area contributed by atoms with Gasteiger partial charge in [-0.25, -0.2) is 9.37 Å². The largest absolute Gasteiger partial charge is 0.486 e. The Morgan fingerprint density at radius 1 is 1.17 bits per heavy atom. The molecule has 1 aliphatic heterocycles. The van der Waals surface area contributed by atoms with Crippen molar-refractivity contribution in [2.45, 2.75) is 12.6 Å². The first-order chi connectivity index (χ1) is 14.2. The number of H-pyrrole nitrogens is 1. The van der Waals surface area contributed by atoms with Crippen LogP contribution in [0.4, 0.5) is 4.39 Å². The number of fused-ring (bicyclic) bond motifs is 1. The fraction of sp³-hybridized carbons (Fsp3) is 0.190. The molecule has 1 fully saturated rings. The quantitative estimate of drug-likeness (QED) is 0.566. The summed E-state index contributed by atoms with van der Waals surface area (Å²) in [5, 5.41) is 0. The highest BCUT2D eigenvalue weighted by molar-refractivity contribution is 5.61. The van der Waals surface area contributed by atoms with E-state index in [9.17, 15) is 9.18 Å². The lowest BCUT2D eigenvalue weighted by molar-refractivity contribution is 0.0135. The smallest absolute Gasteiger partial charge is 0.274 e. The summed E-state index contributed by atoms with van der Waals surface area (Å²) in [5.74, 6) is 1.05. The third-order valence-corrected chi connectivity index (χ3v) is 4.95. The Hall–Kier alpha value is -3.52. The number of aromatic amines is 1. The zero-order valence-electron chi connectivity index (χ0n) is 15.5. The maximum atomic E-state index is 13.2. The second-order valence-corrected chi connectivity index (χ2v) is 7.08. The third kappa shape index (κ3) is 3.50. The van der Waals surface area contributed by atoms with Crippen molar-refractivity contribution in [1.82, 2.24) is 24.3 Å². The van der Waals surface area contributed by atoms with Crippen molar-refractivity contribution in [3.05, 3.63) is 83.1 Å². The van der Waals surface area contributed by atoms with Crippen molar-refractivity contribution >= 4 is 5.52 Å². The summed E-state index contributed by atoms with van der Waals surface area (Å²) < 4.78 is 20.8. The summed E-state index contributed by atoms with van der Waals surface area (Å²) in [6, 6.07) is 9.80. The molecular formula is C21H18FN5O2. The number of pyridine rings is 1. The molecule has 0 amide bonds. The number of aromatic nitrogens is 4.